The first-order valence-electron chi connectivity index (χ1n) is 19.5. The van der Waals surface area contributed by atoms with Crippen LogP contribution in [0, 0.1) is 40.4 Å². The monoisotopic (exact) mass is 744 g/mol. The first kappa shape index (κ1) is 41.0. The molecule has 296 valence electrons. The molecule has 10 unspecified atom stereocenters. The van der Waals surface area contributed by atoms with Crippen LogP contribution in [0.25, 0.3) is 0 Å². The van der Waals surface area contributed by atoms with Gasteiger partial charge in [-0.05, 0) is 106 Å². The van der Waals surface area contributed by atoms with Gasteiger partial charge in [0, 0.05) is 30.9 Å². The number of nitrogens with one attached hydrogen (secondary N) is 2. The molecule has 0 aromatic rings. The maximum atomic E-state index is 13.6. The fourth-order valence-corrected chi connectivity index (χ4v) is 10.9. The molecule has 13 heteroatoms. The van der Waals surface area contributed by atoms with Crippen molar-refractivity contribution in [1.29, 1.82) is 0 Å². The molecule has 0 radical (unpaired) electrons. The number of amides is 2. The van der Waals surface area contributed by atoms with Crippen molar-refractivity contribution in [3.05, 3.63) is 11.6 Å². The van der Waals surface area contributed by atoms with Crippen LogP contribution in [0.15, 0.2) is 11.6 Å². The summed E-state index contributed by atoms with van der Waals surface area (Å²) in [5.74, 6) is -3.92. The van der Waals surface area contributed by atoms with E-state index in [1.54, 1.807) is 19.9 Å². The molecule has 0 aromatic carbocycles. The average Bonchev–Trinajstić information content (AvgIpc) is 3.34. The molecule has 5 rings (SSSR count). The predicted octanol–water partition coefficient (Wildman–Crippen LogP) is 3.42. The van der Waals surface area contributed by atoms with Crippen LogP contribution < -0.4 is 10.6 Å². The number of ketones is 2. The van der Waals surface area contributed by atoms with E-state index in [4.69, 9.17) is 9.47 Å². The molecule has 1 heterocycles. The number of carboxylic acids is 1. The van der Waals surface area contributed by atoms with E-state index in [0.717, 1.165) is 18.4 Å². The summed E-state index contributed by atoms with van der Waals surface area (Å²) in [5, 5.41) is 38.6. The number of carbonyl (C=O) groups is 6. The highest BCUT2D eigenvalue weighted by atomic mass is 16.5. The SMILES string of the molecule is CC(C)C(NC(=O)CCC(=O)OCC(=O)C1(O)CCC2C3CCC4=CC(=O)CCC4(C)C3C(O)CC21C)C(=O)NC(CC(=O)O)C1CCOC(C)(C)C1. The van der Waals surface area contributed by atoms with Crippen molar-refractivity contribution >= 4 is 35.3 Å². The van der Waals surface area contributed by atoms with E-state index in [2.05, 4.69) is 17.6 Å². The van der Waals surface area contributed by atoms with E-state index in [9.17, 15) is 44.1 Å². The number of fused-ring (bicyclic) bond motifs is 5. The van der Waals surface area contributed by atoms with Crippen LogP contribution in [0.2, 0.25) is 0 Å². The first-order chi connectivity index (χ1) is 24.7. The van der Waals surface area contributed by atoms with E-state index in [0.29, 0.717) is 38.7 Å². The number of carboxylic acid groups (broad SMARTS) is 1. The lowest BCUT2D eigenvalue weighted by atomic mass is 9.45. The summed E-state index contributed by atoms with van der Waals surface area (Å²) in [6.07, 6.45) is 4.89. The predicted molar refractivity (Wildman–Crippen MR) is 192 cm³/mol. The lowest BCUT2D eigenvalue weighted by Gasteiger charge is -2.60. The summed E-state index contributed by atoms with van der Waals surface area (Å²) in [6, 6.07) is -1.63. The molecule has 53 heavy (non-hydrogen) atoms. The molecule has 0 bridgehead atoms. The topological polar surface area (TPSA) is 206 Å². The molecule has 5 aliphatic rings. The number of allylic oxidation sites excluding steroid dienone is 1. The second kappa shape index (κ2) is 15.5. The first-order valence-corrected chi connectivity index (χ1v) is 19.5. The van der Waals surface area contributed by atoms with E-state index in [1.807, 2.05) is 20.8 Å². The van der Waals surface area contributed by atoms with Gasteiger partial charge in [0.2, 0.25) is 17.6 Å². The number of aliphatic hydroxyl groups is 2. The van der Waals surface area contributed by atoms with Crippen LogP contribution in [0.4, 0.5) is 0 Å². The van der Waals surface area contributed by atoms with Crippen molar-refractivity contribution in [3.63, 3.8) is 0 Å². The highest BCUT2D eigenvalue weighted by molar-refractivity contribution is 5.93. The number of Topliss-reactive ketones (excluding diaryl/α,β-unsaturated/α-hetero) is 1. The minimum Gasteiger partial charge on any atom is -0.481 e. The molecule has 1 aliphatic heterocycles. The van der Waals surface area contributed by atoms with Crippen LogP contribution in [0.3, 0.4) is 0 Å². The van der Waals surface area contributed by atoms with Gasteiger partial charge in [0.1, 0.15) is 11.6 Å². The lowest BCUT2D eigenvalue weighted by Crippen LogP contribution is -2.62. The molecule has 10 atom stereocenters. The number of hydrogen-bond donors (Lipinski definition) is 5. The van der Waals surface area contributed by atoms with Gasteiger partial charge in [0.05, 0.1) is 24.5 Å². The van der Waals surface area contributed by atoms with Crippen molar-refractivity contribution in [2.45, 2.75) is 148 Å². The van der Waals surface area contributed by atoms with Gasteiger partial charge in [-0.25, -0.2) is 0 Å². The number of rotatable bonds is 13. The highest BCUT2D eigenvalue weighted by Crippen LogP contribution is 2.67. The Bertz CT molecular complexity index is 1510. The molecule has 0 spiro atoms. The van der Waals surface area contributed by atoms with Crippen molar-refractivity contribution in [3.8, 4) is 0 Å². The molecule has 1 saturated heterocycles. The lowest BCUT2D eigenvalue weighted by molar-refractivity contribution is -0.184. The summed E-state index contributed by atoms with van der Waals surface area (Å²) in [5.41, 5.74) is -2.37. The van der Waals surface area contributed by atoms with Gasteiger partial charge in [0.25, 0.3) is 0 Å². The third-order valence-corrected chi connectivity index (χ3v) is 13.7. The molecule has 4 aliphatic carbocycles. The zero-order valence-corrected chi connectivity index (χ0v) is 32.2. The zero-order chi connectivity index (χ0) is 39.1. The van der Waals surface area contributed by atoms with Gasteiger partial charge in [0.15, 0.2) is 12.4 Å². The Balaban J connectivity index is 1.13. The van der Waals surface area contributed by atoms with Gasteiger partial charge < -0.3 is 35.4 Å². The van der Waals surface area contributed by atoms with Crippen LogP contribution in [0.5, 0.6) is 0 Å². The van der Waals surface area contributed by atoms with Crippen molar-refractivity contribution in [2.24, 2.45) is 40.4 Å². The largest absolute Gasteiger partial charge is 0.481 e. The van der Waals surface area contributed by atoms with Crippen molar-refractivity contribution < 1.29 is 53.6 Å². The third kappa shape index (κ3) is 8.27. The Morgan fingerprint density at radius 3 is 2.36 bits per heavy atom. The highest BCUT2D eigenvalue weighted by Gasteiger charge is 2.68. The minimum absolute atomic E-state index is 0.0192. The quantitative estimate of drug-likeness (QED) is 0.173. The molecular weight excluding hydrogens is 684 g/mol. The molecule has 0 aromatic heterocycles. The van der Waals surface area contributed by atoms with Crippen molar-refractivity contribution in [1.82, 2.24) is 10.6 Å². The summed E-state index contributed by atoms with van der Waals surface area (Å²) in [4.78, 5) is 76.5. The summed E-state index contributed by atoms with van der Waals surface area (Å²) >= 11 is 0. The van der Waals surface area contributed by atoms with Gasteiger partial charge in [-0.1, -0.05) is 33.3 Å². The van der Waals surface area contributed by atoms with E-state index < -0.39 is 70.9 Å². The number of esters is 1. The Labute approximate surface area is 312 Å². The average molecular weight is 745 g/mol. The zero-order valence-electron chi connectivity index (χ0n) is 32.2. The van der Waals surface area contributed by atoms with Gasteiger partial charge in [-0.2, -0.15) is 0 Å². The summed E-state index contributed by atoms with van der Waals surface area (Å²) in [6.45, 7) is 11.1. The Hall–Kier alpha value is -3.16. The second-order valence-corrected chi connectivity index (χ2v) is 17.9. The number of carbonyl (C=O) groups excluding carboxylic acids is 5. The summed E-state index contributed by atoms with van der Waals surface area (Å²) in [7, 11) is 0. The standard InChI is InChI=1S/C40H60N2O11/c1-22(2)35(36(50)41-28(18-32(47)48)23-13-16-53-37(3,4)19-23)42-31(46)9-10-33(49)52-21-30(45)40(51)15-12-27-26-8-7-24-17-25(43)11-14-38(24,5)34(26)29(44)20-39(27,40)6/h17,22-23,26-29,34-35,44,51H,7-16,18-21H2,1-6H3,(H,41,50)(H,42,46)(H,47,48). The Morgan fingerprint density at radius 2 is 1.70 bits per heavy atom. The normalized spacial score (nSPS) is 35.8. The number of aliphatic carboxylic acids is 1. The molecule has 3 saturated carbocycles. The van der Waals surface area contributed by atoms with Crippen LogP contribution in [-0.2, 0) is 38.2 Å². The van der Waals surface area contributed by atoms with E-state index >= 15 is 0 Å². The third-order valence-electron chi connectivity index (χ3n) is 13.7. The van der Waals surface area contributed by atoms with E-state index in [-0.39, 0.29) is 72.9 Å². The molecule has 13 nitrogen and oxygen atoms in total. The van der Waals surface area contributed by atoms with Crippen LogP contribution >= 0.6 is 0 Å². The fraction of sp³-hybridized carbons (Fsp3) is 0.800. The molecule has 5 N–H and O–H groups in total. The van der Waals surface area contributed by atoms with Gasteiger partial charge in [-0.15, -0.1) is 0 Å². The minimum atomic E-state index is -1.79. The smallest absolute Gasteiger partial charge is 0.306 e. The van der Waals surface area contributed by atoms with Crippen molar-refractivity contribution in [2.75, 3.05) is 13.2 Å². The van der Waals surface area contributed by atoms with Crippen LogP contribution in [0.1, 0.15) is 119 Å². The maximum absolute atomic E-state index is 13.6. The number of ether oxygens (including phenoxy) is 2. The molecule has 2 amide bonds. The van der Waals surface area contributed by atoms with Gasteiger partial charge in [-0.3, -0.25) is 28.8 Å². The molecular formula is C40H60N2O11. The van der Waals surface area contributed by atoms with Crippen LogP contribution in [-0.4, -0.2) is 93.2 Å². The maximum Gasteiger partial charge on any atom is 0.306 e. The Kier molecular flexibility index (Phi) is 12.0. The second-order valence-electron chi connectivity index (χ2n) is 17.9. The summed E-state index contributed by atoms with van der Waals surface area (Å²) < 4.78 is 11.0. The molecule has 4 fully saturated rings. The van der Waals surface area contributed by atoms with E-state index in [1.165, 1.54) is 0 Å². The Morgan fingerprint density at radius 1 is 0.981 bits per heavy atom. The number of hydrogen-bond acceptors (Lipinski definition) is 10. The number of aliphatic hydroxyl groups excluding tert-OH is 1. The van der Waals surface area contributed by atoms with Gasteiger partial charge >= 0.3 is 11.9 Å². The fourth-order valence-electron chi connectivity index (χ4n) is 10.9.